The van der Waals surface area contributed by atoms with Crippen LogP contribution in [0.5, 0.6) is 0 Å². The zero-order valence-corrected chi connectivity index (χ0v) is 14.6. The van der Waals surface area contributed by atoms with E-state index < -0.39 is 0 Å². The van der Waals surface area contributed by atoms with Gasteiger partial charge < -0.3 is 10.1 Å². The van der Waals surface area contributed by atoms with Crippen molar-refractivity contribution < 1.29 is 9.59 Å². The second-order valence-corrected chi connectivity index (χ2v) is 5.60. The maximum atomic E-state index is 11.9. The third-order valence-corrected chi connectivity index (χ3v) is 3.65. The predicted octanol–water partition coefficient (Wildman–Crippen LogP) is 4.46. The van der Waals surface area contributed by atoms with Crippen LogP contribution in [0.15, 0.2) is 37.0 Å². The number of amides is 1. The molecule has 0 aromatic carbocycles. The maximum absolute atomic E-state index is 11.9. The van der Waals surface area contributed by atoms with Gasteiger partial charge in [-0.2, -0.15) is 0 Å². The molecule has 126 valence electrons. The Labute approximate surface area is 136 Å². The molecule has 1 aliphatic rings. The van der Waals surface area contributed by atoms with E-state index in [0.29, 0.717) is 0 Å². The summed E-state index contributed by atoms with van der Waals surface area (Å²) < 4.78 is 0. The normalized spacial score (nSPS) is 20.4. The highest BCUT2D eigenvalue weighted by Gasteiger charge is 2.23. The van der Waals surface area contributed by atoms with Gasteiger partial charge in [-0.25, -0.2) is 0 Å². The van der Waals surface area contributed by atoms with Crippen LogP contribution in [0.4, 0.5) is 0 Å². The van der Waals surface area contributed by atoms with Crippen molar-refractivity contribution in [3.05, 3.63) is 37.0 Å². The van der Waals surface area contributed by atoms with Crippen molar-refractivity contribution in [1.29, 1.82) is 0 Å². The SMILES string of the molecule is C=CC=C.C=O.CC/C=C(/C)CNC(=O)C1CCC(C)CC1. The summed E-state index contributed by atoms with van der Waals surface area (Å²) in [7, 11) is 0. The van der Waals surface area contributed by atoms with Crippen molar-refractivity contribution in [3.63, 3.8) is 0 Å². The predicted molar refractivity (Wildman–Crippen MR) is 95.7 cm³/mol. The zero-order valence-electron chi connectivity index (χ0n) is 14.6. The van der Waals surface area contributed by atoms with Crippen molar-refractivity contribution in [2.75, 3.05) is 6.54 Å². The van der Waals surface area contributed by atoms with Gasteiger partial charge in [-0.3, -0.25) is 4.79 Å². The fourth-order valence-corrected chi connectivity index (χ4v) is 2.31. The molecule has 0 aliphatic heterocycles. The van der Waals surface area contributed by atoms with E-state index in [2.05, 4.69) is 45.3 Å². The number of hydrogen-bond acceptors (Lipinski definition) is 2. The molecule has 3 nitrogen and oxygen atoms in total. The smallest absolute Gasteiger partial charge is 0.223 e. The summed E-state index contributed by atoms with van der Waals surface area (Å²) in [6.07, 6.45) is 11.1. The van der Waals surface area contributed by atoms with Crippen LogP contribution < -0.4 is 5.32 Å². The Morgan fingerprint density at radius 1 is 1.14 bits per heavy atom. The molecule has 1 amide bonds. The lowest BCUT2D eigenvalue weighted by Crippen LogP contribution is -2.33. The highest BCUT2D eigenvalue weighted by atomic mass is 16.1. The van der Waals surface area contributed by atoms with Crippen molar-refractivity contribution in [1.82, 2.24) is 5.32 Å². The van der Waals surface area contributed by atoms with Crippen LogP contribution in [-0.2, 0) is 9.59 Å². The van der Waals surface area contributed by atoms with Crippen LogP contribution >= 0.6 is 0 Å². The molecule has 0 aromatic heterocycles. The van der Waals surface area contributed by atoms with E-state index in [-0.39, 0.29) is 11.8 Å². The first-order valence-corrected chi connectivity index (χ1v) is 8.00. The average Bonchev–Trinajstić information content (AvgIpc) is 2.55. The molecule has 0 radical (unpaired) electrons. The monoisotopic (exact) mass is 307 g/mol. The van der Waals surface area contributed by atoms with Crippen molar-refractivity contribution >= 4 is 12.7 Å². The molecule has 1 rings (SSSR count). The molecule has 0 atom stereocenters. The molecule has 0 saturated heterocycles. The topological polar surface area (TPSA) is 46.2 Å². The van der Waals surface area contributed by atoms with E-state index in [1.54, 1.807) is 12.2 Å². The second-order valence-electron chi connectivity index (χ2n) is 5.60. The number of allylic oxidation sites excluding steroid dienone is 3. The number of hydrogen-bond donors (Lipinski definition) is 1. The Bertz CT molecular complexity index is 333. The first kappa shape index (κ1) is 22.6. The number of carbonyl (C=O) groups is 2. The fourth-order valence-electron chi connectivity index (χ4n) is 2.31. The van der Waals surface area contributed by atoms with E-state index in [1.807, 2.05) is 6.79 Å². The maximum Gasteiger partial charge on any atom is 0.223 e. The van der Waals surface area contributed by atoms with Gasteiger partial charge in [-0.15, -0.1) is 0 Å². The summed E-state index contributed by atoms with van der Waals surface area (Å²) in [5, 5.41) is 3.04. The Balaban J connectivity index is 0. The van der Waals surface area contributed by atoms with Crippen molar-refractivity contribution in [2.24, 2.45) is 11.8 Å². The van der Waals surface area contributed by atoms with Gasteiger partial charge >= 0.3 is 0 Å². The highest BCUT2D eigenvalue weighted by molar-refractivity contribution is 5.78. The highest BCUT2D eigenvalue weighted by Crippen LogP contribution is 2.28. The molecule has 0 heterocycles. The molecular weight excluding hydrogens is 274 g/mol. The van der Waals surface area contributed by atoms with Gasteiger partial charge in [0.05, 0.1) is 0 Å². The van der Waals surface area contributed by atoms with Crippen molar-refractivity contribution in [2.45, 2.75) is 52.9 Å². The van der Waals surface area contributed by atoms with E-state index in [9.17, 15) is 4.79 Å². The van der Waals surface area contributed by atoms with Crippen LogP contribution in [0.1, 0.15) is 52.9 Å². The summed E-state index contributed by atoms with van der Waals surface area (Å²) >= 11 is 0. The standard InChI is InChI=1S/C14H25NO.C4H6.CH2O/c1-4-5-12(3)10-15-14(16)13-8-6-11(2)7-9-13;1-3-4-2;1-2/h5,11,13H,4,6-10H2,1-3H3,(H,15,16);3-4H,1-2H2;1H2/b12-5-;;. The molecular formula is C19H33NO2. The van der Waals surface area contributed by atoms with Gasteiger partial charge in [0, 0.05) is 12.5 Å². The second kappa shape index (κ2) is 15.7. The van der Waals surface area contributed by atoms with E-state index >= 15 is 0 Å². The zero-order chi connectivity index (χ0) is 17.4. The molecule has 1 N–H and O–H groups in total. The van der Waals surface area contributed by atoms with Crippen LogP contribution in [0.3, 0.4) is 0 Å². The summed E-state index contributed by atoms with van der Waals surface area (Å²) in [6, 6.07) is 0. The summed E-state index contributed by atoms with van der Waals surface area (Å²) in [4.78, 5) is 19.9. The Hall–Kier alpha value is -1.64. The Morgan fingerprint density at radius 3 is 2.05 bits per heavy atom. The molecule has 1 fully saturated rings. The average molecular weight is 307 g/mol. The molecule has 1 saturated carbocycles. The third kappa shape index (κ3) is 12.1. The van der Waals surface area contributed by atoms with Gasteiger partial charge in [0.15, 0.2) is 0 Å². The summed E-state index contributed by atoms with van der Waals surface area (Å²) in [5.74, 6) is 1.34. The number of rotatable bonds is 5. The Kier molecular flexibility index (Phi) is 16.2. The summed E-state index contributed by atoms with van der Waals surface area (Å²) in [6.45, 7) is 15.9. The number of carbonyl (C=O) groups excluding carboxylic acids is 2. The lowest BCUT2D eigenvalue weighted by atomic mass is 9.82. The number of nitrogens with one attached hydrogen (secondary N) is 1. The minimum Gasteiger partial charge on any atom is -0.352 e. The first-order valence-electron chi connectivity index (χ1n) is 8.00. The molecule has 3 heteroatoms. The largest absolute Gasteiger partial charge is 0.352 e. The molecule has 0 bridgehead atoms. The quantitative estimate of drug-likeness (QED) is 0.602. The molecule has 0 aromatic rings. The van der Waals surface area contributed by atoms with E-state index in [0.717, 1.165) is 31.7 Å². The molecule has 1 aliphatic carbocycles. The van der Waals surface area contributed by atoms with Gasteiger partial charge in [0.25, 0.3) is 0 Å². The van der Waals surface area contributed by atoms with Crippen LogP contribution in [0, 0.1) is 11.8 Å². The summed E-state index contributed by atoms with van der Waals surface area (Å²) in [5.41, 5.74) is 1.26. The lowest BCUT2D eigenvalue weighted by molar-refractivity contribution is -0.126. The van der Waals surface area contributed by atoms with Crippen LogP contribution in [0.2, 0.25) is 0 Å². The lowest BCUT2D eigenvalue weighted by Gasteiger charge is -2.25. The van der Waals surface area contributed by atoms with Crippen molar-refractivity contribution in [3.8, 4) is 0 Å². The molecule has 0 spiro atoms. The Morgan fingerprint density at radius 2 is 1.64 bits per heavy atom. The van der Waals surface area contributed by atoms with Gasteiger partial charge in [-0.1, -0.05) is 50.8 Å². The fraction of sp³-hybridized carbons (Fsp3) is 0.579. The minimum atomic E-state index is 0.260. The molecule has 0 unspecified atom stereocenters. The molecule has 22 heavy (non-hydrogen) atoms. The third-order valence-electron chi connectivity index (χ3n) is 3.65. The minimum absolute atomic E-state index is 0.260. The first-order chi connectivity index (χ1) is 10.5. The van der Waals surface area contributed by atoms with E-state index in [1.165, 1.54) is 18.4 Å². The van der Waals surface area contributed by atoms with Gasteiger partial charge in [0.1, 0.15) is 6.79 Å². The van der Waals surface area contributed by atoms with Gasteiger partial charge in [0.2, 0.25) is 5.91 Å². The van der Waals surface area contributed by atoms with Gasteiger partial charge in [-0.05, 0) is 44.9 Å². The van der Waals surface area contributed by atoms with E-state index in [4.69, 9.17) is 4.79 Å². The van der Waals surface area contributed by atoms with Crippen LogP contribution in [-0.4, -0.2) is 19.2 Å². The van der Waals surface area contributed by atoms with Crippen LogP contribution in [0.25, 0.3) is 0 Å².